The van der Waals surface area contributed by atoms with Crippen LogP contribution in [0.15, 0.2) is 18.2 Å². The van der Waals surface area contributed by atoms with Crippen molar-refractivity contribution in [2.75, 3.05) is 0 Å². The molecule has 0 unspecified atom stereocenters. The molecule has 21 heavy (non-hydrogen) atoms. The molecule has 0 atom stereocenters. The first kappa shape index (κ1) is 16.3. The van der Waals surface area contributed by atoms with E-state index in [-0.39, 0.29) is 16.2 Å². The Bertz CT molecular complexity index is 565. The molecule has 0 N–H and O–H groups in total. The third kappa shape index (κ3) is 3.08. The maximum atomic E-state index is 12.2. The van der Waals surface area contributed by atoms with Crippen molar-refractivity contribution in [3.8, 4) is 5.75 Å². The zero-order chi connectivity index (χ0) is 16.1. The third-order valence-electron chi connectivity index (χ3n) is 5.18. The van der Waals surface area contributed by atoms with Crippen molar-refractivity contribution in [1.82, 2.24) is 0 Å². The Hall–Kier alpha value is -1.09. The van der Waals surface area contributed by atoms with E-state index >= 15 is 0 Å². The molecule has 0 bridgehead atoms. The molecule has 1 aromatic carbocycles. The van der Waals surface area contributed by atoms with Gasteiger partial charge in [-0.3, -0.25) is 4.79 Å². The zero-order valence-electron chi connectivity index (χ0n) is 14.5. The number of hydrogen-bond acceptors (Lipinski definition) is 2. The maximum Gasteiger partial charge on any atom is 0.250 e. The summed E-state index contributed by atoms with van der Waals surface area (Å²) in [6.07, 6.45) is 1.57. The fraction of sp³-hybridized carbons (Fsp3) is 0.611. The normalized spacial score (nSPS) is 18.3. The lowest BCUT2D eigenvalue weighted by Crippen LogP contribution is -2.44. The van der Waals surface area contributed by atoms with Crippen LogP contribution in [0.3, 0.4) is 0 Å². The summed E-state index contributed by atoms with van der Waals surface area (Å²) in [5.74, 6) is 1.11. The van der Waals surface area contributed by atoms with Gasteiger partial charge in [-0.15, -0.1) is 0 Å². The summed E-state index contributed by atoms with van der Waals surface area (Å²) in [4.78, 5) is 12.2. The van der Waals surface area contributed by atoms with Crippen LogP contribution < -0.4 is 4.43 Å². The van der Waals surface area contributed by atoms with Gasteiger partial charge in [-0.25, -0.2) is 0 Å². The summed E-state index contributed by atoms with van der Waals surface area (Å²) in [6.45, 7) is 15.6. The fourth-order valence-electron chi connectivity index (χ4n) is 2.55. The quantitative estimate of drug-likeness (QED) is 0.691. The molecule has 0 radical (unpaired) electrons. The Morgan fingerprint density at radius 3 is 2.38 bits per heavy atom. The van der Waals surface area contributed by atoms with E-state index < -0.39 is 8.32 Å². The molecule has 0 aromatic heterocycles. The van der Waals surface area contributed by atoms with Gasteiger partial charge < -0.3 is 4.43 Å². The lowest BCUT2D eigenvalue weighted by molar-refractivity contribution is 0.0956. The molecular formula is C18H28O2Si. The van der Waals surface area contributed by atoms with Crippen molar-refractivity contribution >= 4 is 14.1 Å². The van der Waals surface area contributed by atoms with Crippen LogP contribution in [-0.2, 0) is 5.41 Å². The van der Waals surface area contributed by atoms with Gasteiger partial charge in [0.1, 0.15) is 5.75 Å². The predicted molar refractivity (Wildman–Crippen MR) is 90.9 cm³/mol. The number of hydrogen-bond donors (Lipinski definition) is 0. The number of benzene rings is 1. The van der Waals surface area contributed by atoms with Crippen LogP contribution in [0.1, 0.15) is 63.4 Å². The SMILES string of the molecule is CC1(C)CCC(=O)c2cc(O[Si](C)(C)C(C)(C)C)ccc21. The molecule has 0 saturated carbocycles. The van der Waals surface area contributed by atoms with E-state index in [1.807, 2.05) is 12.1 Å². The minimum absolute atomic E-state index is 0.0821. The molecule has 0 aliphatic heterocycles. The van der Waals surface area contributed by atoms with E-state index in [0.29, 0.717) is 6.42 Å². The van der Waals surface area contributed by atoms with Crippen molar-refractivity contribution in [1.29, 1.82) is 0 Å². The average Bonchev–Trinajstić information content (AvgIpc) is 2.32. The molecule has 0 heterocycles. The van der Waals surface area contributed by atoms with Gasteiger partial charge in [0.2, 0.25) is 8.32 Å². The minimum Gasteiger partial charge on any atom is -0.543 e. The highest BCUT2D eigenvalue weighted by atomic mass is 28.4. The second-order valence-corrected chi connectivity index (χ2v) is 13.1. The number of Topliss-reactive ketones (excluding diaryl/α,β-unsaturated/α-hetero) is 1. The first-order chi connectivity index (χ1) is 9.44. The molecule has 3 heteroatoms. The molecule has 1 aromatic rings. The van der Waals surface area contributed by atoms with E-state index in [0.717, 1.165) is 17.7 Å². The van der Waals surface area contributed by atoms with Crippen LogP contribution in [0.5, 0.6) is 5.75 Å². The first-order valence-corrected chi connectivity index (χ1v) is 10.7. The van der Waals surface area contributed by atoms with E-state index in [4.69, 9.17) is 4.43 Å². The Balaban J connectivity index is 2.38. The highest BCUT2D eigenvalue weighted by Gasteiger charge is 2.39. The van der Waals surface area contributed by atoms with Gasteiger partial charge in [0.25, 0.3) is 0 Å². The van der Waals surface area contributed by atoms with E-state index in [1.54, 1.807) is 0 Å². The van der Waals surface area contributed by atoms with E-state index in [9.17, 15) is 4.79 Å². The number of carbonyl (C=O) groups excluding carboxylic acids is 1. The molecular weight excluding hydrogens is 276 g/mol. The zero-order valence-corrected chi connectivity index (χ0v) is 15.5. The van der Waals surface area contributed by atoms with Gasteiger partial charge in [-0.05, 0) is 47.7 Å². The molecule has 0 saturated heterocycles. The minimum atomic E-state index is -1.86. The highest BCUT2D eigenvalue weighted by molar-refractivity contribution is 6.74. The van der Waals surface area contributed by atoms with E-state index in [1.165, 1.54) is 5.56 Å². The topological polar surface area (TPSA) is 26.3 Å². The van der Waals surface area contributed by atoms with Crippen LogP contribution in [0.25, 0.3) is 0 Å². The van der Waals surface area contributed by atoms with Gasteiger partial charge in [-0.1, -0.05) is 40.7 Å². The lowest BCUT2D eigenvalue weighted by Gasteiger charge is -2.37. The third-order valence-corrected chi connectivity index (χ3v) is 9.54. The second kappa shape index (κ2) is 4.98. The number of rotatable bonds is 2. The summed E-state index contributed by atoms with van der Waals surface area (Å²) >= 11 is 0. The van der Waals surface area contributed by atoms with Crippen molar-refractivity contribution in [2.24, 2.45) is 0 Å². The molecule has 1 aliphatic carbocycles. The second-order valence-electron chi connectivity index (χ2n) is 8.38. The van der Waals surface area contributed by atoms with Crippen LogP contribution in [-0.4, -0.2) is 14.1 Å². The standard InChI is InChI=1S/C18H28O2Si/c1-17(2,3)21(6,7)20-13-8-9-15-14(12-13)16(19)10-11-18(15,4)5/h8-9,12H,10-11H2,1-7H3. The fourth-order valence-corrected chi connectivity index (χ4v) is 3.57. The van der Waals surface area contributed by atoms with Gasteiger partial charge in [0.05, 0.1) is 0 Å². The summed E-state index contributed by atoms with van der Waals surface area (Å²) in [5.41, 5.74) is 2.11. The molecule has 2 rings (SSSR count). The highest BCUT2D eigenvalue weighted by Crippen LogP contribution is 2.41. The number of ketones is 1. The average molecular weight is 305 g/mol. The molecule has 0 fully saturated rings. The monoisotopic (exact) mass is 304 g/mol. The molecule has 2 nitrogen and oxygen atoms in total. The van der Waals surface area contributed by atoms with E-state index in [2.05, 4.69) is 53.8 Å². The first-order valence-electron chi connectivity index (χ1n) is 7.81. The largest absolute Gasteiger partial charge is 0.543 e. The maximum absolute atomic E-state index is 12.2. The number of fused-ring (bicyclic) bond motifs is 1. The van der Waals surface area contributed by atoms with Crippen LogP contribution in [0.4, 0.5) is 0 Å². The Morgan fingerprint density at radius 1 is 1.19 bits per heavy atom. The van der Waals surface area contributed by atoms with Gasteiger partial charge >= 0.3 is 0 Å². The van der Waals surface area contributed by atoms with Crippen molar-refractivity contribution in [3.05, 3.63) is 29.3 Å². The summed E-state index contributed by atoms with van der Waals surface area (Å²) < 4.78 is 6.34. The smallest absolute Gasteiger partial charge is 0.250 e. The van der Waals surface area contributed by atoms with Crippen LogP contribution in [0.2, 0.25) is 18.1 Å². The Labute approximate surface area is 130 Å². The summed E-state index contributed by atoms with van der Waals surface area (Å²) in [5, 5.41) is 0.159. The Morgan fingerprint density at radius 2 is 1.81 bits per heavy atom. The van der Waals surface area contributed by atoms with Crippen molar-refractivity contribution < 1.29 is 9.22 Å². The van der Waals surface area contributed by atoms with Crippen LogP contribution >= 0.6 is 0 Å². The molecule has 116 valence electrons. The Kier molecular flexibility index (Phi) is 3.86. The predicted octanol–water partition coefficient (Wildman–Crippen LogP) is 5.32. The van der Waals surface area contributed by atoms with Gasteiger partial charge in [0, 0.05) is 12.0 Å². The number of carbonyl (C=O) groups is 1. The summed E-state index contributed by atoms with van der Waals surface area (Å²) in [6, 6.07) is 6.10. The van der Waals surface area contributed by atoms with Crippen molar-refractivity contribution in [3.63, 3.8) is 0 Å². The van der Waals surface area contributed by atoms with Gasteiger partial charge in [0.15, 0.2) is 5.78 Å². The molecule has 0 spiro atoms. The summed E-state index contributed by atoms with van der Waals surface area (Å²) in [7, 11) is -1.86. The molecule has 0 amide bonds. The van der Waals surface area contributed by atoms with Crippen molar-refractivity contribution in [2.45, 2.75) is 71.0 Å². The van der Waals surface area contributed by atoms with Gasteiger partial charge in [-0.2, -0.15) is 0 Å². The van der Waals surface area contributed by atoms with Crippen LogP contribution in [0, 0.1) is 0 Å². The molecule has 1 aliphatic rings. The lowest BCUT2D eigenvalue weighted by atomic mass is 9.72.